The quantitative estimate of drug-likeness (QED) is 0.875. The molecule has 0 aliphatic carbocycles. The molecule has 102 valence electrons. The number of benzene rings is 1. The number of carboxylic acid groups (broad SMARTS) is 1. The van der Waals surface area contributed by atoms with E-state index in [-0.39, 0.29) is 24.1 Å². The fourth-order valence-electron chi connectivity index (χ4n) is 2.06. The van der Waals surface area contributed by atoms with Gasteiger partial charge in [0.2, 0.25) is 5.91 Å². The minimum Gasteiger partial charge on any atom is -0.478 e. The molecule has 1 aromatic rings. The number of hydrogen-bond acceptors (Lipinski definition) is 3. The highest BCUT2D eigenvalue weighted by Crippen LogP contribution is 2.21. The average molecular weight is 267 g/mol. The van der Waals surface area contributed by atoms with Gasteiger partial charge in [-0.25, -0.2) is 9.18 Å². The number of rotatable bonds is 4. The van der Waals surface area contributed by atoms with Gasteiger partial charge >= 0.3 is 5.97 Å². The van der Waals surface area contributed by atoms with E-state index in [2.05, 4.69) is 5.32 Å². The summed E-state index contributed by atoms with van der Waals surface area (Å²) in [6.45, 7) is 0.637. The van der Waals surface area contributed by atoms with Crippen molar-refractivity contribution in [3.63, 3.8) is 0 Å². The lowest BCUT2D eigenvalue weighted by atomic mass is 10.1. The number of carbonyl (C=O) groups is 2. The molecule has 1 aromatic carbocycles. The number of ether oxygens (including phenoxy) is 1. The van der Waals surface area contributed by atoms with Crippen LogP contribution in [0.25, 0.3) is 0 Å². The van der Waals surface area contributed by atoms with Crippen LogP contribution in [0.1, 0.15) is 29.6 Å². The smallest absolute Gasteiger partial charge is 0.340 e. The molecule has 1 fully saturated rings. The molecule has 1 heterocycles. The summed E-state index contributed by atoms with van der Waals surface area (Å²) in [4.78, 5) is 22.7. The summed E-state index contributed by atoms with van der Waals surface area (Å²) in [6, 6.07) is 3.75. The Labute approximate surface area is 109 Å². The second-order valence-corrected chi connectivity index (χ2v) is 4.35. The zero-order valence-corrected chi connectivity index (χ0v) is 10.2. The van der Waals surface area contributed by atoms with E-state index in [1.54, 1.807) is 0 Å². The van der Waals surface area contributed by atoms with Crippen LogP contribution in [-0.4, -0.2) is 29.7 Å². The Morgan fingerprint density at radius 1 is 1.47 bits per heavy atom. The Morgan fingerprint density at radius 2 is 2.26 bits per heavy atom. The molecule has 0 spiro atoms. The van der Waals surface area contributed by atoms with Crippen LogP contribution < -0.4 is 5.32 Å². The molecule has 0 aromatic heterocycles. The predicted octanol–water partition coefficient (Wildman–Crippen LogP) is 2.03. The molecule has 1 saturated heterocycles. The molecule has 1 unspecified atom stereocenters. The van der Waals surface area contributed by atoms with Crippen LogP contribution in [0.15, 0.2) is 18.2 Å². The number of anilines is 1. The Bertz CT molecular complexity index is 497. The van der Waals surface area contributed by atoms with Gasteiger partial charge in [0.15, 0.2) is 0 Å². The van der Waals surface area contributed by atoms with Gasteiger partial charge in [-0.05, 0) is 25.0 Å². The number of carboxylic acids is 1. The summed E-state index contributed by atoms with van der Waals surface area (Å²) in [7, 11) is 0. The first-order valence-electron chi connectivity index (χ1n) is 6.01. The van der Waals surface area contributed by atoms with Gasteiger partial charge in [-0.15, -0.1) is 0 Å². The van der Waals surface area contributed by atoms with Gasteiger partial charge in [0.25, 0.3) is 0 Å². The molecule has 1 atom stereocenters. The van der Waals surface area contributed by atoms with Crippen LogP contribution in [0.2, 0.25) is 0 Å². The molecule has 6 heteroatoms. The first-order chi connectivity index (χ1) is 9.08. The molecule has 0 radical (unpaired) electrons. The lowest BCUT2D eigenvalue weighted by Crippen LogP contribution is -2.21. The highest BCUT2D eigenvalue weighted by atomic mass is 19.1. The molecular formula is C13H14FNO4. The summed E-state index contributed by atoms with van der Waals surface area (Å²) in [6.07, 6.45) is 1.73. The van der Waals surface area contributed by atoms with Crippen molar-refractivity contribution < 1.29 is 23.8 Å². The van der Waals surface area contributed by atoms with Crippen LogP contribution in [0.3, 0.4) is 0 Å². The topological polar surface area (TPSA) is 75.6 Å². The number of amides is 1. The Kier molecular flexibility index (Phi) is 4.11. The molecular weight excluding hydrogens is 253 g/mol. The van der Waals surface area contributed by atoms with Crippen molar-refractivity contribution in [1.29, 1.82) is 0 Å². The van der Waals surface area contributed by atoms with Crippen LogP contribution in [-0.2, 0) is 9.53 Å². The van der Waals surface area contributed by atoms with Gasteiger partial charge in [0, 0.05) is 6.61 Å². The maximum atomic E-state index is 13.4. The summed E-state index contributed by atoms with van der Waals surface area (Å²) in [5.41, 5.74) is -0.557. The number of hydrogen-bond donors (Lipinski definition) is 2. The summed E-state index contributed by atoms with van der Waals surface area (Å²) in [5.74, 6) is -2.66. The zero-order chi connectivity index (χ0) is 13.8. The molecule has 1 aliphatic rings. The average Bonchev–Trinajstić information content (AvgIpc) is 2.81. The maximum absolute atomic E-state index is 13.4. The maximum Gasteiger partial charge on any atom is 0.340 e. The third-order valence-corrected chi connectivity index (χ3v) is 2.94. The van der Waals surface area contributed by atoms with E-state index in [0.717, 1.165) is 18.9 Å². The molecule has 19 heavy (non-hydrogen) atoms. The fourth-order valence-corrected chi connectivity index (χ4v) is 2.06. The van der Waals surface area contributed by atoms with Gasteiger partial charge in [-0.3, -0.25) is 4.79 Å². The van der Waals surface area contributed by atoms with E-state index in [4.69, 9.17) is 9.84 Å². The van der Waals surface area contributed by atoms with E-state index >= 15 is 0 Å². The number of aromatic carboxylic acids is 1. The van der Waals surface area contributed by atoms with Crippen molar-refractivity contribution in [2.45, 2.75) is 25.4 Å². The first kappa shape index (κ1) is 13.5. The van der Waals surface area contributed by atoms with Crippen LogP contribution in [0.4, 0.5) is 10.1 Å². The van der Waals surface area contributed by atoms with Crippen LogP contribution in [0.5, 0.6) is 0 Å². The molecule has 0 bridgehead atoms. The number of carbonyl (C=O) groups excluding carboxylic acids is 1. The lowest BCUT2D eigenvalue weighted by Gasteiger charge is -2.11. The minimum absolute atomic E-state index is 0.0319. The summed E-state index contributed by atoms with van der Waals surface area (Å²) < 4.78 is 18.7. The van der Waals surface area contributed by atoms with E-state index in [1.807, 2.05) is 0 Å². The SMILES string of the molecule is O=C(CC1CCCO1)Nc1cccc(F)c1C(=O)O. The summed E-state index contributed by atoms with van der Waals surface area (Å²) in [5, 5.41) is 11.3. The monoisotopic (exact) mass is 267 g/mol. The van der Waals surface area contributed by atoms with Crippen LogP contribution >= 0.6 is 0 Å². The lowest BCUT2D eigenvalue weighted by molar-refractivity contribution is -0.118. The standard InChI is InChI=1S/C13H14FNO4/c14-9-4-1-5-10(12(9)13(17)18)15-11(16)7-8-3-2-6-19-8/h1,4-5,8H,2-3,6-7H2,(H,15,16)(H,17,18). The Morgan fingerprint density at radius 3 is 2.89 bits per heavy atom. The number of halogens is 1. The van der Waals surface area contributed by atoms with Crippen molar-refractivity contribution in [2.75, 3.05) is 11.9 Å². The molecule has 0 saturated carbocycles. The molecule has 1 amide bonds. The number of nitrogens with one attached hydrogen (secondary N) is 1. The van der Waals surface area contributed by atoms with Crippen molar-refractivity contribution in [3.05, 3.63) is 29.6 Å². The van der Waals surface area contributed by atoms with Gasteiger partial charge in [-0.1, -0.05) is 6.07 Å². The third kappa shape index (κ3) is 3.29. The fraction of sp³-hybridized carbons (Fsp3) is 0.385. The van der Waals surface area contributed by atoms with Crippen molar-refractivity contribution >= 4 is 17.6 Å². The second kappa shape index (κ2) is 5.79. The van der Waals surface area contributed by atoms with Crippen LogP contribution in [0, 0.1) is 5.82 Å². The second-order valence-electron chi connectivity index (χ2n) is 4.35. The van der Waals surface area contributed by atoms with Gasteiger partial charge < -0.3 is 15.2 Å². The van der Waals surface area contributed by atoms with E-state index in [9.17, 15) is 14.0 Å². The minimum atomic E-state index is -1.41. The van der Waals surface area contributed by atoms with Crippen molar-refractivity contribution in [1.82, 2.24) is 0 Å². The van der Waals surface area contributed by atoms with Gasteiger partial charge in [-0.2, -0.15) is 0 Å². The van der Waals surface area contributed by atoms with Crippen molar-refractivity contribution in [3.8, 4) is 0 Å². The van der Waals surface area contributed by atoms with Crippen molar-refractivity contribution in [2.24, 2.45) is 0 Å². The molecule has 1 aliphatic heterocycles. The Balaban J connectivity index is 2.07. The molecule has 2 N–H and O–H groups in total. The van der Waals surface area contributed by atoms with E-state index in [0.29, 0.717) is 6.61 Å². The van der Waals surface area contributed by atoms with E-state index < -0.39 is 17.3 Å². The molecule has 5 nitrogen and oxygen atoms in total. The summed E-state index contributed by atoms with van der Waals surface area (Å²) >= 11 is 0. The highest BCUT2D eigenvalue weighted by Gasteiger charge is 2.21. The first-order valence-corrected chi connectivity index (χ1v) is 6.01. The van der Waals surface area contributed by atoms with E-state index in [1.165, 1.54) is 12.1 Å². The third-order valence-electron chi connectivity index (χ3n) is 2.94. The normalized spacial score (nSPS) is 18.3. The van der Waals surface area contributed by atoms with Gasteiger partial charge in [0.05, 0.1) is 18.2 Å². The Hall–Kier alpha value is -1.95. The zero-order valence-electron chi connectivity index (χ0n) is 10.2. The molecule has 2 rings (SSSR count). The predicted molar refractivity (Wildman–Crippen MR) is 65.6 cm³/mol. The largest absolute Gasteiger partial charge is 0.478 e. The van der Waals surface area contributed by atoms with Gasteiger partial charge in [0.1, 0.15) is 11.4 Å². The highest BCUT2D eigenvalue weighted by molar-refractivity contribution is 6.00.